The molecule has 0 saturated heterocycles. The second-order valence-electron chi connectivity index (χ2n) is 6.88. The number of nitrogens with zero attached hydrogens (tertiary/aromatic N) is 1. The smallest absolute Gasteiger partial charge is 0.265 e. The lowest BCUT2D eigenvalue weighted by Gasteiger charge is -2.27. The first kappa shape index (κ1) is 19.9. The fraction of sp³-hybridized carbons (Fsp3) is 0.227. The number of nitrogens with one attached hydrogen (secondary N) is 2. The van der Waals surface area contributed by atoms with E-state index in [4.69, 9.17) is 9.47 Å². The van der Waals surface area contributed by atoms with E-state index in [9.17, 15) is 9.59 Å². The van der Waals surface area contributed by atoms with E-state index in [2.05, 4.69) is 15.6 Å². The number of hydrogen-bond acceptors (Lipinski definition) is 6. The maximum atomic E-state index is 12.9. The lowest BCUT2D eigenvalue weighted by atomic mass is 10.0. The minimum Gasteiger partial charge on any atom is -0.485 e. The van der Waals surface area contributed by atoms with Crippen LogP contribution in [0.4, 0.5) is 5.13 Å². The van der Waals surface area contributed by atoms with Gasteiger partial charge in [-0.05, 0) is 24.6 Å². The normalized spacial score (nSPS) is 15.8. The highest BCUT2D eigenvalue weighted by molar-refractivity contribution is 7.15. The Labute approximate surface area is 178 Å². The molecule has 1 aliphatic heterocycles. The van der Waals surface area contributed by atoms with Crippen molar-refractivity contribution < 1.29 is 19.1 Å². The molecule has 3 aromatic rings. The molecule has 4 rings (SSSR count). The maximum Gasteiger partial charge on any atom is 0.265 e. The van der Waals surface area contributed by atoms with Gasteiger partial charge in [-0.15, -0.1) is 11.3 Å². The third-order valence-corrected chi connectivity index (χ3v) is 5.40. The Hall–Kier alpha value is -3.39. The summed E-state index contributed by atoms with van der Waals surface area (Å²) in [7, 11) is 0. The highest BCUT2D eigenvalue weighted by Crippen LogP contribution is 2.30. The van der Waals surface area contributed by atoms with Crippen molar-refractivity contribution in [3.63, 3.8) is 0 Å². The van der Waals surface area contributed by atoms with Crippen molar-refractivity contribution in [2.75, 3.05) is 11.9 Å². The fourth-order valence-corrected chi connectivity index (χ4v) is 3.74. The summed E-state index contributed by atoms with van der Waals surface area (Å²) in [5.74, 6) is 0.361. The van der Waals surface area contributed by atoms with Crippen LogP contribution in [0.2, 0.25) is 0 Å². The molecule has 0 spiro atoms. The molecular formula is C22H21N3O4S. The van der Waals surface area contributed by atoms with Gasteiger partial charge in [0.2, 0.25) is 12.0 Å². The van der Waals surface area contributed by atoms with E-state index < -0.39 is 18.1 Å². The standard InChI is InChI=1S/C22H21N3O4S/c1-14-12-23-22(30-14)25-20(26)16(11-15-7-3-2-4-8-15)24-21(27)19-13-28-17-9-5-6-10-18(17)29-19/h2-10,12,16,19H,11,13H2,1H3,(H,24,27)(H,23,25,26)/t16-,19-/m1/s1. The van der Waals surface area contributed by atoms with Gasteiger partial charge in [0.05, 0.1) is 0 Å². The van der Waals surface area contributed by atoms with E-state index >= 15 is 0 Å². The van der Waals surface area contributed by atoms with Crippen molar-refractivity contribution in [1.82, 2.24) is 10.3 Å². The number of aryl methyl sites for hydroxylation is 1. The number of fused-ring (bicyclic) bond motifs is 1. The van der Waals surface area contributed by atoms with Gasteiger partial charge in [0, 0.05) is 17.5 Å². The number of amides is 2. The van der Waals surface area contributed by atoms with Crippen molar-refractivity contribution in [2.45, 2.75) is 25.5 Å². The summed E-state index contributed by atoms with van der Waals surface area (Å²) >= 11 is 1.38. The number of anilines is 1. The molecular weight excluding hydrogens is 402 g/mol. The summed E-state index contributed by atoms with van der Waals surface area (Å²) in [5.41, 5.74) is 0.930. The van der Waals surface area contributed by atoms with Crippen molar-refractivity contribution in [1.29, 1.82) is 0 Å². The van der Waals surface area contributed by atoms with Crippen molar-refractivity contribution >= 4 is 28.3 Å². The van der Waals surface area contributed by atoms with Crippen LogP contribution in [0, 0.1) is 6.92 Å². The summed E-state index contributed by atoms with van der Waals surface area (Å²) in [6, 6.07) is 15.9. The number of carbonyl (C=O) groups is 2. The molecule has 0 radical (unpaired) electrons. The predicted molar refractivity (Wildman–Crippen MR) is 114 cm³/mol. The first-order valence-electron chi connectivity index (χ1n) is 9.54. The lowest BCUT2D eigenvalue weighted by molar-refractivity contribution is -0.133. The van der Waals surface area contributed by atoms with E-state index in [0.29, 0.717) is 23.1 Å². The first-order chi connectivity index (χ1) is 14.6. The zero-order valence-electron chi connectivity index (χ0n) is 16.3. The molecule has 8 heteroatoms. The molecule has 1 aliphatic rings. The van der Waals surface area contributed by atoms with Gasteiger partial charge < -0.3 is 20.1 Å². The molecule has 1 aromatic heterocycles. The Morgan fingerprint density at radius 3 is 2.60 bits per heavy atom. The molecule has 154 valence electrons. The quantitative estimate of drug-likeness (QED) is 0.636. The number of para-hydroxylation sites is 2. The fourth-order valence-electron chi connectivity index (χ4n) is 3.08. The average Bonchev–Trinajstić information content (AvgIpc) is 3.18. The molecule has 2 heterocycles. The highest BCUT2D eigenvalue weighted by Gasteiger charge is 2.31. The number of ether oxygens (including phenoxy) is 2. The van der Waals surface area contributed by atoms with Crippen LogP contribution < -0.4 is 20.1 Å². The number of benzene rings is 2. The Morgan fingerprint density at radius 1 is 1.13 bits per heavy atom. The van der Waals surface area contributed by atoms with Gasteiger partial charge in [-0.2, -0.15) is 0 Å². The summed E-state index contributed by atoms with van der Waals surface area (Å²) in [4.78, 5) is 30.9. The highest BCUT2D eigenvalue weighted by atomic mass is 32.1. The number of rotatable bonds is 6. The number of thiazole rings is 1. The van der Waals surface area contributed by atoms with Gasteiger partial charge in [-0.1, -0.05) is 42.5 Å². The van der Waals surface area contributed by atoms with Crippen molar-refractivity contribution in [3.8, 4) is 11.5 Å². The predicted octanol–water partition coefficient (Wildman–Crippen LogP) is 2.96. The number of aromatic nitrogens is 1. The minimum atomic E-state index is -0.840. The van der Waals surface area contributed by atoms with Crippen LogP contribution in [0.5, 0.6) is 11.5 Å². The second-order valence-corrected chi connectivity index (χ2v) is 8.12. The van der Waals surface area contributed by atoms with Crippen LogP contribution >= 0.6 is 11.3 Å². The zero-order chi connectivity index (χ0) is 20.9. The Kier molecular flexibility index (Phi) is 5.94. The lowest BCUT2D eigenvalue weighted by Crippen LogP contribution is -2.52. The molecule has 0 saturated carbocycles. The molecule has 0 aliphatic carbocycles. The van der Waals surface area contributed by atoms with Crippen LogP contribution in [0.1, 0.15) is 10.4 Å². The Morgan fingerprint density at radius 2 is 1.87 bits per heavy atom. The summed E-state index contributed by atoms with van der Waals surface area (Å²) in [6.45, 7) is 1.99. The van der Waals surface area contributed by atoms with Gasteiger partial charge in [0.1, 0.15) is 12.6 Å². The van der Waals surface area contributed by atoms with E-state index in [1.807, 2.05) is 49.4 Å². The number of carbonyl (C=O) groups excluding carboxylic acids is 2. The van der Waals surface area contributed by atoms with Crippen LogP contribution in [-0.2, 0) is 16.0 Å². The topological polar surface area (TPSA) is 89.6 Å². The van der Waals surface area contributed by atoms with Crippen molar-refractivity contribution in [2.24, 2.45) is 0 Å². The molecule has 2 aromatic carbocycles. The van der Waals surface area contributed by atoms with Gasteiger partial charge in [0.15, 0.2) is 16.6 Å². The molecule has 0 unspecified atom stereocenters. The molecule has 2 amide bonds. The SMILES string of the molecule is Cc1cnc(NC(=O)[C@@H](Cc2ccccc2)NC(=O)[C@H]2COc3ccccc3O2)s1. The largest absolute Gasteiger partial charge is 0.485 e. The summed E-state index contributed by atoms with van der Waals surface area (Å²) in [6.07, 6.45) is 1.19. The van der Waals surface area contributed by atoms with Crippen LogP contribution in [0.25, 0.3) is 0 Å². The van der Waals surface area contributed by atoms with E-state index in [1.54, 1.807) is 18.3 Å². The molecule has 7 nitrogen and oxygen atoms in total. The van der Waals surface area contributed by atoms with E-state index in [0.717, 1.165) is 10.4 Å². The van der Waals surface area contributed by atoms with Gasteiger partial charge >= 0.3 is 0 Å². The Bertz CT molecular complexity index is 1040. The molecule has 30 heavy (non-hydrogen) atoms. The third-order valence-electron chi connectivity index (χ3n) is 4.57. The van der Waals surface area contributed by atoms with Gasteiger partial charge in [-0.3, -0.25) is 9.59 Å². The molecule has 2 atom stereocenters. The second kappa shape index (κ2) is 8.96. The molecule has 0 bridgehead atoms. The van der Waals surface area contributed by atoms with Crippen LogP contribution in [0.3, 0.4) is 0 Å². The Balaban J connectivity index is 1.47. The molecule has 2 N–H and O–H groups in total. The summed E-state index contributed by atoms with van der Waals surface area (Å²) in [5, 5.41) is 6.10. The van der Waals surface area contributed by atoms with E-state index in [-0.39, 0.29) is 12.5 Å². The molecule has 0 fully saturated rings. The van der Waals surface area contributed by atoms with E-state index in [1.165, 1.54) is 11.3 Å². The maximum absolute atomic E-state index is 12.9. The third kappa shape index (κ3) is 4.77. The number of hydrogen-bond donors (Lipinski definition) is 2. The monoisotopic (exact) mass is 423 g/mol. The average molecular weight is 423 g/mol. The zero-order valence-corrected chi connectivity index (χ0v) is 17.1. The van der Waals surface area contributed by atoms with Gasteiger partial charge in [-0.25, -0.2) is 4.98 Å². The summed E-state index contributed by atoms with van der Waals surface area (Å²) < 4.78 is 11.4. The van der Waals surface area contributed by atoms with Crippen LogP contribution in [0.15, 0.2) is 60.8 Å². The minimum absolute atomic E-state index is 0.0776. The first-order valence-corrected chi connectivity index (χ1v) is 10.4. The van der Waals surface area contributed by atoms with Crippen molar-refractivity contribution in [3.05, 3.63) is 71.2 Å². The van der Waals surface area contributed by atoms with Crippen LogP contribution in [-0.4, -0.2) is 35.6 Å². The van der Waals surface area contributed by atoms with Gasteiger partial charge in [0.25, 0.3) is 5.91 Å².